The van der Waals surface area contributed by atoms with Gasteiger partial charge < -0.3 is 4.74 Å². The molecule has 4 heteroatoms. The minimum atomic E-state index is 0.210. The van der Waals surface area contributed by atoms with Crippen LogP contribution < -0.4 is 11.3 Å². The number of ether oxygens (including phenoxy) is 1. The van der Waals surface area contributed by atoms with Crippen molar-refractivity contribution in [3.63, 3.8) is 0 Å². The Morgan fingerprint density at radius 2 is 2.00 bits per heavy atom. The van der Waals surface area contributed by atoms with E-state index in [0.29, 0.717) is 6.04 Å². The van der Waals surface area contributed by atoms with Gasteiger partial charge in [0.15, 0.2) is 0 Å². The van der Waals surface area contributed by atoms with Gasteiger partial charge in [0.25, 0.3) is 0 Å². The Morgan fingerprint density at radius 3 is 2.68 bits per heavy atom. The predicted molar refractivity (Wildman–Crippen MR) is 81.0 cm³/mol. The van der Waals surface area contributed by atoms with E-state index in [4.69, 9.17) is 10.6 Å². The smallest absolute Gasteiger partial charge is 0.0685 e. The molecule has 3 nitrogen and oxygen atoms in total. The van der Waals surface area contributed by atoms with Gasteiger partial charge in [0, 0.05) is 12.6 Å². The Hall–Kier alpha value is 0.230. The monoisotopic (exact) mass is 284 g/mol. The minimum absolute atomic E-state index is 0.210. The number of hydrogen-bond donors (Lipinski definition) is 2. The van der Waals surface area contributed by atoms with Gasteiger partial charge in [0.2, 0.25) is 0 Å². The van der Waals surface area contributed by atoms with Crippen molar-refractivity contribution in [2.75, 3.05) is 18.1 Å². The molecule has 0 radical (unpaired) electrons. The standard InChI is InChI=1S/C15H28N2OS/c16-17-14(13-5-9-19-11-13)12-4-8-18-15(10-12)6-2-1-3-7-15/h12-14,17H,1-11,16H2. The normalized spacial score (nSPS) is 36.5. The first kappa shape index (κ1) is 14.2. The molecule has 0 aromatic heterocycles. The maximum atomic E-state index is 6.22. The molecule has 1 spiro atoms. The van der Waals surface area contributed by atoms with E-state index in [1.807, 2.05) is 0 Å². The molecule has 3 atom stereocenters. The highest BCUT2D eigenvalue weighted by Crippen LogP contribution is 2.43. The van der Waals surface area contributed by atoms with E-state index in [9.17, 15) is 0 Å². The largest absolute Gasteiger partial charge is 0.375 e. The molecular formula is C15H28N2OS. The van der Waals surface area contributed by atoms with Gasteiger partial charge in [-0.2, -0.15) is 11.8 Å². The van der Waals surface area contributed by atoms with Crippen LogP contribution in [-0.2, 0) is 4.74 Å². The van der Waals surface area contributed by atoms with E-state index in [0.717, 1.165) is 18.4 Å². The van der Waals surface area contributed by atoms with Crippen LogP contribution in [0.1, 0.15) is 51.4 Å². The van der Waals surface area contributed by atoms with Gasteiger partial charge in [-0.25, -0.2) is 0 Å². The van der Waals surface area contributed by atoms with Crippen LogP contribution in [0.2, 0.25) is 0 Å². The number of hydrazine groups is 1. The van der Waals surface area contributed by atoms with Crippen molar-refractivity contribution in [1.29, 1.82) is 0 Å². The molecule has 110 valence electrons. The average molecular weight is 284 g/mol. The summed E-state index contributed by atoms with van der Waals surface area (Å²) in [6.07, 6.45) is 10.4. The van der Waals surface area contributed by atoms with Crippen LogP contribution in [-0.4, -0.2) is 29.8 Å². The van der Waals surface area contributed by atoms with E-state index < -0.39 is 0 Å². The summed E-state index contributed by atoms with van der Waals surface area (Å²) < 4.78 is 6.22. The van der Waals surface area contributed by atoms with Crippen molar-refractivity contribution >= 4 is 11.8 Å². The Bertz CT molecular complexity index is 282. The van der Waals surface area contributed by atoms with Crippen molar-refractivity contribution < 1.29 is 4.74 Å². The summed E-state index contributed by atoms with van der Waals surface area (Å²) >= 11 is 2.09. The van der Waals surface area contributed by atoms with Crippen LogP contribution in [0.4, 0.5) is 0 Å². The molecule has 0 aromatic rings. The van der Waals surface area contributed by atoms with Gasteiger partial charge in [-0.1, -0.05) is 19.3 Å². The fourth-order valence-electron chi connectivity index (χ4n) is 4.41. The Balaban J connectivity index is 1.65. The van der Waals surface area contributed by atoms with Crippen molar-refractivity contribution in [2.24, 2.45) is 17.7 Å². The highest BCUT2D eigenvalue weighted by molar-refractivity contribution is 7.99. The second kappa shape index (κ2) is 6.33. The predicted octanol–water partition coefficient (Wildman–Crippen LogP) is 2.70. The molecule has 0 amide bonds. The lowest BCUT2D eigenvalue weighted by Gasteiger charge is -2.46. The lowest BCUT2D eigenvalue weighted by Crippen LogP contribution is -2.52. The summed E-state index contributed by atoms with van der Waals surface area (Å²) in [7, 11) is 0. The zero-order valence-corrected chi connectivity index (χ0v) is 12.7. The molecule has 1 saturated carbocycles. The van der Waals surface area contributed by atoms with Gasteiger partial charge in [-0.3, -0.25) is 11.3 Å². The number of nitrogens with two attached hydrogens (primary N) is 1. The molecular weight excluding hydrogens is 256 g/mol. The summed E-state index contributed by atoms with van der Waals surface area (Å²) in [5, 5.41) is 0. The average Bonchev–Trinajstić information content (AvgIpc) is 2.95. The third kappa shape index (κ3) is 3.12. The van der Waals surface area contributed by atoms with Crippen LogP contribution >= 0.6 is 11.8 Å². The highest BCUT2D eigenvalue weighted by atomic mass is 32.2. The Kier molecular flexibility index (Phi) is 4.73. The van der Waals surface area contributed by atoms with Crippen molar-refractivity contribution in [2.45, 2.75) is 63.0 Å². The minimum Gasteiger partial charge on any atom is -0.375 e. The van der Waals surface area contributed by atoms with Gasteiger partial charge in [-0.05, 0) is 55.4 Å². The van der Waals surface area contributed by atoms with E-state index in [2.05, 4.69) is 17.2 Å². The molecule has 19 heavy (non-hydrogen) atoms. The summed E-state index contributed by atoms with van der Waals surface area (Å²) in [5.74, 6) is 10.0. The lowest BCUT2D eigenvalue weighted by atomic mass is 9.72. The number of nitrogens with one attached hydrogen (secondary N) is 1. The van der Waals surface area contributed by atoms with Crippen LogP contribution in [0.25, 0.3) is 0 Å². The van der Waals surface area contributed by atoms with Crippen molar-refractivity contribution in [3.8, 4) is 0 Å². The van der Waals surface area contributed by atoms with Crippen molar-refractivity contribution in [1.82, 2.24) is 5.43 Å². The van der Waals surface area contributed by atoms with E-state index in [1.54, 1.807) is 0 Å². The lowest BCUT2D eigenvalue weighted by molar-refractivity contribution is -0.123. The van der Waals surface area contributed by atoms with E-state index in [1.165, 1.54) is 62.9 Å². The first-order valence-corrected chi connectivity index (χ1v) is 9.16. The highest BCUT2D eigenvalue weighted by Gasteiger charge is 2.42. The van der Waals surface area contributed by atoms with E-state index in [-0.39, 0.29) is 5.60 Å². The van der Waals surface area contributed by atoms with Crippen LogP contribution in [0, 0.1) is 11.8 Å². The van der Waals surface area contributed by atoms with Crippen molar-refractivity contribution in [3.05, 3.63) is 0 Å². The number of hydrogen-bond acceptors (Lipinski definition) is 4. The first-order chi connectivity index (χ1) is 9.33. The zero-order valence-electron chi connectivity index (χ0n) is 11.9. The molecule has 3 fully saturated rings. The fraction of sp³-hybridized carbons (Fsp3) is 1.00. The maximum Gasteiger partial charge on any atom is 0.0685 e. The molecule has 3 rings (SSSR count). The third-order valence-electron chi connectivity index (χ3n) is 5.47. The summed E-state index contributed by atoms with van der Waals surface area (Å²) in [6, 6.07) is 0.512. The van der Waals surface area contributed by atoms with Gasteiger partial charge >= 0.3 is 0 Å². The first-order valence-electron chi connectivity index (χ1n) is 8.01. The molecule has 3 N–H and O–H groups in total. The molecule has 0 aromatic carbocycles. The van der Waals surface area contributed by atoms with E-state index >= 15 is 0 Å². The second-order valence-corrected chi connectivity index (χ2v) is 7.81. The topological polar surface area (TPSA) is 47.3 Å². The van der Waals surface area contributed by atoms with Crippen LogP contribution in [0.15, 0.2) is 0 Å². The molecule has 3 aliphatic rings. The quantitative estimate of drug-likeness (QED) is 0.618. The van der Waals surface area contributed by atoms with Gasteiger partial charge in [-0.15, -0.1) is 0 Å². The number of thioether (sulfide) groups is 1. The summed E-state index contributed by atoms with van der Waals surface area (Å²) in [4.78, 5) is 0. The third-order valence-corrected chi connectivity index (χ3v) is 6.66. The fourth-order valence-corrected chi connectivity index (χ4v) is 5.72. The van der Waals surface area contributed by atoms with Gasteiger partial charge in [0.05, 0.1) is 5.60 Å². The van der Waals surface area contributed by atoms with Crippen LogP contribution in [0.3, 0.4) is 0 Å². The second-order valence-electron chi connectivity index (χ2n) is 6.66. The zero-order chi connectivity index (χ0) is 13.1. The maximum absolute atomic E-state index is 6.22. The SMILES string of the molecule is NNC(C1CCSC1)C1CCOC2(CCCCC2)C1. The van der Waals surface area contributed by atoms with Crippen LogP contribution in [0.5, 0.6) is 0 Å². The molecule has 0 bridgehead atoms. The molecule has 2 aliphatic heterocycles. The number of rotatable bonds is 3. The molecule has 3 unspecified atom stereocenters. The molecule has 2 heterocycles. The summed E-state index contributed by atoms with van der Waals surface area (Å²) in [6.45, 7) is 0.947. The Morgan fingerprint density at radius 1 is 1.16 bits per heavy atom. The summed E-state index contributed by atoms with van der Waals surface area (Å²) in [5.41, 5.74) is 3.38. The molecule has 2 saturated heterocycles. The van der Waals surface area contributed by atoms with Gasteiger partial charge in [0.1, 0.15) is 0 Å². The Labute approximate surface area is 121 Å². The molecule has 1 aliphatic carbocycles.